The number of hydrogen-bond donors (Lipinski definition) is 1. The molecule has 2 N–H and O–H groups in total. The molecule has 1 aliphatic rings. The number of rotatable bonds is 3. The summed E-state index contributed by atoms with van der Waals surface area (Å²) in [6, 6.07) is 5.93. The van der Waals surface area contributed by atoms with Crippen LogP contribution in [0.3, 0.4) is 0 Å². The van der Waals surface area contributed by atoms with Gasteiger partial charge in [0.25, 0.3) is 5.91 Å². The molecule has 1 fully saturated rings. The molecule has 2 aromatic rings. The van der Waals surface area contributed by atoms with Gasteiger partial charge in [0.1, 0.15) is 5.82 Å². The second kappa shape index (κ2) is 5.84. The first-order chi connectivity index (χ1) is 10.6. The summed E-state index contributed by atoms with van der Waals surface area (Å²) in [5, 5.41) is 8.28. The summed E-state index contributed by atoms with van der Waals surface area (Å²) in [5.74, 6) is -0.131. The zero-order valence-corrected chi connectivity index (χ0v) is 12.3. The molecule has 3 rings (SSSR count). The van der Waals surface area contributed by atoms with Crippen LogP contribution in [0.25, 0.3) is 5.69 Å². The van der Waals surface area contributed by atoms with Crippen LogP contribution >= 0.6 is 0 Å². The maximum Gasteiger partial charge on any atom is 0.276 e. The Morgan fingerprint density at radius 2 is 2.14 bits per heavy atom. The number of hydrogen-bond acceptors (Lipinski definition) is 4. The zero-order valence-electron chi connectivity index (χ0n) is 12.3. The van der Waals surface area contributed by atoms with Crippen LogP contribution in [0.15, 0.2) is 30.5 Å². The van der Waals surface area contributed by atoms with Crippen LogP contribution in [-0.2, 0) is 0 Å². The first-order valence-corrected chi connectivity index (χ1v) is 7.28. The van der Waals surface area contributed by atoms with E-state index in [1.54, 1.807) is 17.0 Å². The lowest BCUT2D eigenvalue weighted by molar-refractivity contribution is 0.0737. The standard InChI is InChI=1S/C15H18FN5O/c1-10-6-11(7-17)9-20(10)15(22)14-8-18-21(19-14)13-4-2-12(16)3-5-13/h2-5,8,10-11H,6-7,9,17H2,1H3. The number of carbonyl (C=O) groups excluding carboxylic acids is 1. The monoisotopic (exact) mass is 303 g/mol. The average molecular weight is 303 g/mol. The molecule has 1 amide bonds. The average Bonchev–Trinajstić information content (AvgIpc) is 3.14. The van der Waals surface area contributed by atoms with Gasteiger partial charge in [-0.3, -0.25) is 4.79 Å². The van der Waals surface area contributed by atoms with E-state index in [2.05, 4.69) is 10.2 Å². The van der Waals surface area contributed by atoms with Crippen LogP contribution in [0.1, 0.15) is 23.8 Å². The first kappa shape index (κ1) is 14.6. The molecular weight excluding hydrogens is 285 g/mol. The minimum absolute atomic E-state index is 0.142. The van der Waals surface area contributed by atoms with Crippen LogP contribution in [-0.4, -0.2) is 44.9 Å². The highest BCUT2D eigenvalue weighted by Crippen LogP contribution is 2.23. The van der Waals surface area contributed by atoms with Crippen molar-refractivity contribution in [3.05, 3.63) is 42.0 Å². The molecule has 2 unspecified atom stereocenters. The highest BCUT2D eigenvalue weighted by Gasteiger charge is 2.33. The molecule has 116 valence electrons. The molecule has 2 atom stereocenters. The first-order valence-electron chi connectivity index (χ1n) is 7.28. The number of aromatic nitrogens is 3. The third kappa shape index (κ3) is 2.71. The predicted molar refractivity (Wildman–Crippen MR) is 79.0 cm³/mol. The van der Waals surface area contributed by atoms with E-state index in [-0.39, 0.29) is 23.5 Å². The fraction of sp³-hybridized carbons (Fsp3) is 0.400. The van der Waals surface area contributed by atoms with Crippen molar-refractivity contribution in [1.29, 1.82) is 0 Å². The second-order valence-electron chi connectivity index (χ2n) is 5.64. The minimum Gasteiger partial charge on any atom is -0.334 e. The van der Waals surface area contributed by atoms with Crippen molar-refractivity contribution < 1.29 is 9.18 Å². The Kier molecular flexibility index (Phi) is 3.89. The Morgan fingerprint density at radius 3 is 2.77 bits per heavy atom. The number of nitrogens with two attached hydrogens (primary N) is 1. The molecule has 6 nitrogen and oxygen atoms in total. The summed E-state index contributed by atoms with van der Waals surface area (Å²) in [5.41, 5.74) is 6.58. The van der Waals surface area contributed by atoms with Gasteiger partial charge in [0, 0.05) is 12.6 Å². The lowest BCUT2D eigenvalue weighted by Gasteiger charge is -2.19. The maximum absolute atomic E-state index is 12.9. The lowest BCUT2D eigenvalue weighted by Crippen LogP contribution is -2.34. The number of benzene rings is 1. The van der Waals surface area contributed by atoms with Crippen molar-refractivity contribution >= 4 is 5.91 Å². The summed E-state index contributed by atoms with van der Waals surface area (Å²) >= 11 is 0. The Hall–Kier alpha value is -2.28. The van der Waals surface area contributed by atoms with E-state index in [0.29, 0.717) is 24.7 Å². The predicted octanol–water partition coefficient (Wildman–Crippen LogP) is 1.22. The summed E-state index contributed by atoms with van der Waals surface area (Å²) in [6.45, 7) is 3.24. The molecular formula is C15H18FN5O. The fourth-order valence-electron chi connectivity index (χ4n) is 2.80. The minimum atomic E-state index is -0.328. The zero-order chi connectivity index (χ0) is 15.7. The van der Waals surface area contributed by atoms with Crippen LogP contribution < -0.4 is 5.73 Å². The molecule has 0 radical (unpaired) electrons. The SMILES string of the molecule is CC1CC(CN)CN1C(=O)c1cnn(-c2ccc(F)cc2)n1. The van der Waals surface area contributed by atoms with E-state index in [1.165, 1.54) is 23.1 Å². The largest absolute Gasteiger partial charge is 0.334 e. The normalized spacial score (nSPS) is 21.3. The van der Waals surface area contributed by atoms with Crippen molar-refractivity contribution in [2.45, 2.75) is 19.4 Å². The van der Waals surface area contributed by atoms with E-state index in [1.807, 2.05) is 6.92 Å². The highest BCUT2D eigenvalue weighted by molar-refractivity contribution is 5.92. The molecule has 2 heterocycles. The fourth-order valence-corrected chi connectivity index (χ4v) is 2.80. The van der Waals surface area contributed by atoms with Gasteiger partial charge in [-0.05, 0) is 50.1 Å². The van der Waals surface area contributed by atoms with Gasteiger partial charge in [-0.2, -0.15) is 9.90 Å². The van der Waals surface area contributed by atoms with Gasteiger partial charge in [0.05, 0.1) is 11.9 Å². The number of nitrogens with zero attached hydrogens (tertiary/aromatic N) is 4. The van der Waals surface area contributed by atoms with E-state index >= 15 is 0 Å². The Morgan fingerprint density at radius 1 is 1.41 bits per heavy atom. The molecule has 1 aliphatic heterocycles. The van der Waals surface area contributed by atoms with Crippen LogP contribution in [0.4, 0.5) is 4.39 Å². The van der Waals surface area contributed by atoms with Gasteiger partial charge >= 0.3 is 0 Å². The molecule has 7 heteroatoms. The van der Waals surface area contributed by atoms with Crippen LogP contribution in [0, 0.1) is 11.7 Å². The van der Waals surface area contributed by atoms with Gasteiger partial charge in [-0.25, -0.2) is 4.39 Å². The maximum atomic E-state index is 12.9. The van der Waals surface area contributed by atoms with Crippen molar-refractivity contribution in [1.82, 2.24) is 19.9 Å². The van der Waals surface area contributed by atoms with E-state index in [0.717, 1.165) is 6.42 Å². The smallest absolute Gasteiger partial charge is 0.276 e. The van der Waals surface area contributed by atoms with E-state index in [9.17, 15) is 9.18 Å². The molecule has 1 aromatic heterocycles. The van der Waals surface area contributed by atoms with Gasteiger partial charge in [-0.1, -0.05) is 0 Å². The van der Waals surface area contributed by atoms with Gasteiger partial charge in [0.15, 0.2) is 5.69 Å². The van der Waals surface area contributed by atoms with Crippen LogP contribution in [0.2, 0.25) is 0 Å². The Labute approximate surface area is 127 Å². The molecule has 0 aliphatic carbocycles. The summed E-state index contributed by atoms with van der Waals surface area (Å²) in [6.07, 6.45) is 2.35. The lowest BCUT2D eigenvalue weighted by atomic mass is 10.1. The van der Waals surface area contributed by atoms with E-state index < -0.39 is 0 Å². The number of halogens is 1. The molecule has 0 spiro atoms. The number of likely N-dealkylation sites (tertiary alicyclic amines) is 1. The third-order valence-corrected chi connectivity index (χ3v) is 4.02. The quantitative estimate of drug-likeness (QED) is 0.925. The van der Waals surface area contributed by atoms with Gasteiger partial charge in [0.2, 0.25) is 0 Å². The third-order valence-electron chi connectivity index (χ3n) is 4.02. The molecule has 0 saturated carbocycles. The van der Waals surface area contributed by atoms with Crippen molar-refractivity contribution in [2.24, 2.45) is 11.7 Å². The highest BCUT2D eigenvalue weighted by atomic mass is 19.1. The molecule has 1 saturated heterocycles. The summed E-state index contributed by atoms with van der Waals surface area (Å²) in [7, 11) is 0. The van der Waals surface area contributed by atoms with Gasteiger partial charge in [-0.15, -0.1) is 5.10 Å². The number of carbonyl (C=O) groups is 1. The van der Waals surface area contributed by atoms with Gasteiger partial charge < -0.3 is 10.6 Å². The summed E-state index contributed by atoms with van der Waals surface area (Å²) < 4.78 is 12.9. The van der Waals surface area contributed by atoms with Crippen molar-refractivity contribution in [2.75, 3.05) is 13.1 Å². The van der Waals surface area contributed by atoms with Crippen LogP contribution in [0.5, 0.6) is 0 Å². The summed E-state index contributed by atoms with van der Waals surface area (Å²) in [4.78, 5) is 15.6. The van der Waals surface area contributed by atoms with Crippen molar-refractivity contribution in [3.8, 4) is 5.69 Å². The Bertz CT molecular complexity index is 669. The topological polar surface area (TPSA) is 77.0 Å². The number of amides is 1. The molecule has 0 bridgehead atoms. The van der Waals surface area contributed by atoms with Crippen molar-refractivity contribution in [3.63, 3.8) is 0 Å². The second-order valence-corrected chi connectivity index (χ2v) is 5.64. The molecule has 22 heavy (non-hydrogen) atoms. The molecule has 1 aromatic carbocycles. The Balaban J connectivity index is 1.79. The van der Waals surface area contributed by atoms with E-state index in [4.69, 9.17) is 5.73 Å².